The molecule has 0 saturated carbocycles. The smallest absolute Gasteiger partial charge is 0.322 e. The van der Waals surface area contributed by atoms with Crippen LogP contribution in [0.25, 0.3) is 0 Å². The van der Waals surface area contributed by atoms with Crippen LogP contribution in [0.1, 0.15) is 26.7 Å². The number of thiol groups is 1. The lowest BCUT2D eigenvalue weighted by Crippen LogP contribution is -2.56. The Balaban J connectivity index is 4.66. The summed E-state index contributed by atoms with van der Waals surface area (Å²) in [7, 11) is 0. The SMILES string of the molecule is CC(C)(S)[C@@H](NC(=O)CC[C@H](N)C(=O)O)C(=O)NCC(=O)O. The Labute approximate surface area is 133 Å². The number of aliphatic carboxylic acids is 2. The number of carbonyl (C=O) groups excluding carboxylic acids is 2. The highest BCUT2D eigenvalue weighted by Crippen LogP contribution is 2.18. The van der Waals surface area contributed by atoms with Crippen LogP contribution in [-0.2, 0) is 19.2 Å². The van der Waals surface area contributed by atoms with Crippen LogP contribution in [0.4, 0.5) is 0 Å². The first kappa shape index (κ1) is 20.2. The van der Waals surface area contributed by atoms with Crippen LogP contribution in [0, 0.1) is 0 Å². The Morgan fingerprint density at radius 3 is 2.18 bits per heavy atom. The maximum atomic E-state index is 11.9. The van der Waals surface area contributed by atoms with E-state index in [1.165, 1.54) is 0 Å². The summed E-state index contributed by atoms with van der Waals surface area (Å²) in [6, 6.07) is -2.25. The zero-order chi connectivity index (χ0) is 17.5. The molecule has 6 N–H and O–H groups in total. The molecule has 0 fully saturated rings. The van der Waals surface area contributed by atoms with Crippen LogP contribution in [0.2, 0.25) is 0 Å². The van der Waals surface area contributed by atoms with Crippen molar-refractivity contribution in [3.05, 3.63) is 0 Å². The van der Waals surface area contributed by atoms with Gasteiger partial charge in [0.05, 0.1) is 0 Å². The van der Waals surface area contributed by atoms with Gasteiger partial charge in [-0.2, -0.15) is 12.6 Å². The molecule has 0 saturated heterocycles. The molecule has 0 rings (SSSR count). The molecule has 0 aliphatic rings. The van der Waals surface area contributed by atoms with Crippen molar-refractivity contribution in [2.45, 2.75) is 43.5 Å². The summed E-state index contributed by atoms with van der Waals surface area (Å²) in [5, 5.41) is 21.7. The molecular formula is C12H21N3O6S. The van der Waals surface area contributed by atoms with Gasteiger partial charge in [-0.25, -0.2) is 0 Å². The van der Waals surface area contributed by atoms with Crippen LogP contribution in [0.3, 0.4) is 0 Å². The van der Waals surface area contributed by atoms with Gasteiger partial charge < -0.3 is 26.6 Å². The van der Waals surface area contributed by atoms with Crippen molar-refractivity contribution >= 4 is 36.4 Å². The Hall–Kier alpha value is -1.81. The van der Waals surface area contributed by atoms with Crippen molar-refractivity contribution in [3.8, 4) is 0 Å². The fourth-order valence-corrected chi connectivity index (χ4v) is 1.65. The monoisotopic (exact) mass is 335 g/mol. The number of carboxylic acid groups (broad SMARTS) is 2. The van der Waals surface area contributed by atoms with E-state index in [1.807, 2.05) is 0 Å². The van der Waals surface area contributed by atoms with E-state index in [9.17, 15) is 19.2 Å². The second-order valence-electron chi connectivity index (χ2n) is 5.25. The predicted octanol–water partition coefficient (Wildman–Crippen LogP) is -1.43. The van der Waals surface area contributed by atoms with Gasteiger partial charge in [-0.15, -0.1) is 0 Å². The summed E-state index contributed by atoms with van der Waals surface area (Å²) in [6.07, 6.45) is -0.266. The van der Waals surface area contributed by atoms with E-state index in [0.29, 0.717) is 0 Å². The number of amides is 2. The summed E-state index contributed by atoms with van der Waals surface area (Å²) in [5.41, 5.74) is 5.28. The second-order valence-corrected chi connectivity index (χ2v) is 6.40. The highest BCUT2D eigenvalue weighted by molar-refractivity contribution is 7.81. The number of carbonyl (C=O) groups is 4. The third-order valence-corrected chi connectivity index (χ3v) is 2.95. The normalized spacial score (nSPS) is 13.8. The van der Waals surface area contributed by atoms with Gasteiger partial charge in [-0.3, -0.25) is 19.2 Å². The Kier molecular flexibility index (Phi) is 7.88. The Morgan fingerprint density at radius 2 is 1.77 bits per heavy atom. The summed E-state index contributed by atoms with van der Waals surface area (Å²) >= 11 is 4.21. The molecule has 9 nitrogen and oxygen atoms in total. The standard InChI is InChI=1S/C12H21N3O6S/c1-12(2,22)9(10(19)14-5-8(17)18)15-7(16)4-3-6(13)11(20)21/h6,9,22H,3-5,13H2,1-2H3,(H,14,19)(H,15,16)(H,17,18)(H,20,21)/t6-,9-/m0/s1. The first-order chi connectivity index (χ1) is 9.95. The molecule has 2 atom stereocenters. The molecule has 0 radical (unpaired) electrons. The number of carboxylic acids is 2. The van der Waals surface area contributed by atoms with Crippen LogP contribution >= 0.6 is 12.6 Å². The molecule has 0 aromatic carbocycles. The maximum Gasteiger partial charge on any atom is 0.322 e. The van der Waals surface area contributed by atoms with Gasteiger partial charge in [0.1, 0.15) is 18.6 Å². The van der Waals surface area contributed by atoms with Gasteiger partial charge in [0.15, 0.2) is 0 Å². The number of nitrogens with one attached hydrogen (secondary N) is 2. The highest BCUT2D eigenvalue weighted by atomic mass is 32.1. The molecule has 2 amide bonds. The Morgan fingerprint density at radius 1 is 1.23 bits per heavy atom. The maximum absolute atomic E-state index is 11.9. The molecule has 0 spiro atoms. The van der Waals surface area contributed by atoms with E-state index in [2.05, 4.69) is 23.3 Å². The van der Waals surface area contributed by atoms with Crippen molar-refractivity contribution in [2.75, 3.05) is 6.54 Å². The molecule has 0 heterocycles. The minimum atomic E-state index is -1.22. The fourth-order valence-electron chi connectivity index (χ4n) is 1.47. The number of hydrogen-bond donors (Lipinski definition) is 6. The lowest BCUT2D eigenvalue weighted by atomic mass is 10.0. The van der Waals surface area contributed by atoms with E-state index in [1.54, 1.807) is 13.8 Å². The van der Waals surface area contributed by atoms with E-state index in [0.717, 1.165) is 0 Å². The zero-order valence-electron chi connectivity index (χ0n) is 12.3. The molecule has 0 bridgehead atoms. The lowest BCUT2D eigenvalue weighted by Gasteiger charge is -2.29. The van der Waals surface area contributed by atoms with Crippen molar-refractivity contribution in [3.63, 3.8) is 0 Å². The van der Waals surface area contributed by atoms with Crippen LogP contribution < -0.4 is 16.4 Å². The molecule has 0 aromatic heterocycles. The molecule has 0 unspecified atom stereocenters. The van der Waals surface area contributed by atoms with Crippen molar-refractivity contribution < 1.29 is 29.4 Å². The highest BCUT2D eigenvalue weighted by Gasteiger charge is 2.33. The molecule has 10 heteroatoms. The third kappa shape index (κ3) is 7.84. The van der Waals surface area contributed by atoms with Crippen LogP contribution in [0.5, 0.6) is 0 Å². The van der Waals surface area contributed by atoms with Gasteiger partial charge >= 0.3 is 11.9 Å². The number of hydrogen-bond acceptors (Lipinski definition) is 6. The number of rotatable bonds is 9. The Bertz CT molecular complexity index is 449. The first-order valence-corrected chi connectivity index (χ1v) is 6.89. The molecular weight excluding hydrogens is 314 g/mol. The number of nitrogens with two attached hydrogens (primary N) is 1. The summed E-state index contributed by atoms with van der Waals surface area (Å²) < 4.78 is -0.951. The molecule has 22 heavy (non-hydrogen) atoms. The van der Waals surface area contributed by atoms with E-state index < -0.39 is 47.1 Å². The van der Waals surface area contributed by atoms with Crippen molar-refractivity contribution in [1.82, 2.24) is 10.6 Å². The lowest BCUT2D eigenvalue weighted by molar-refractivity contribution is -0.139. The second kappa shape index (κ2) is 8.59. The van der Waals surface area contributed by atoms with Crippen molar-refractivity contribution in [2.24, 2.45) is 5.73 Å². The van der Waals surface area contributed by atoms with Gasteiger partial charge in [0, 0.05) is 11.2 Å². The third-order valence-electron chi connectivity index (χ3n) is 2.69. The first-order valence-electron chi connectivity index (χ1n) is 6.44. The molecule has 126 valence electrons. The average molecular weight is 335 g/mol. The quantitative estimate of drug-likeness (QED) is 0.282. The minimum absolute atomic E-state index is 0.0857. The van der Waals surface area contributed by atoms with Gasteiger partial charge in [0.25, 0.3) is 0 Å². The van der Waals surface area contributed by atoms with E-state index in [-0.39, 0.29) is 12.8 Å². The summed E-state index contributed by atoms with van der Waals surface area (Å²) in [6.45, 7) is 2.56. The largest absolute Gasteiger partial charge is 0.480 e. The zero-order valence-corrected chi connectivity index (χ0v) is 13.2. The summed E-state index contributed by atoms with van der Waals surface area (Å²) in [4.78, 5) is 44.7. The van der Waals surface area contributed by atoms with Gasteiger partial charge in [0.2, 0.25) is 11.8 Å². The van der Waals surface area contributed by atoms with E-state index in [4.69, 9.17) is 15.9 Å². The minimum Gasteiger partial charge on any atom is -0.480 e. The van der Waals surface area contributed by atoms with Crippen molar-refractivity contribution in [1.29, 1.82) is 0 Å². The molecule has 0 aromatic rings. The van der Waals surface area contributed by atoms with Crippen LogP contribution in [-0.4, -0.2) is 57.3 Å². The molecule has 0 aliphatic heterocycles. The average Bonchev–Trinajstić information content (AvgIpc) is 2.37. The van der Waals surface area contributed by atoms with Gasteiger partial charge in [-0.05, 0) is 20.3 Å². The fraction of sp³-hybridized carbons (Fsp3) is 0.667. The predicted molar refractivity (Wildman–Crippen MR) is 80.5 cm³/mol. The summed E-state index contributed by atoms with van der Waals surface area (Å²) in [5.74, 6) is -3.71. The van der Waals surface area contributed by atoms with Crippen LogP contribution in [0.15, 0.2) is 0 Å². The topological polar surface area (TPSA) is 159 Å². The van der Waals surface area contributed by atoms with E-state index >= 15 is 0 Å². The molecule has 0 aliphatic carbocycles. The van der Waals surface area contributed by atoms with Gasteiger partial charge in [-0.1, -0.05) is 0 Å².